The maximum absolute atomic E-state index is 13.8. The van der Waals surface area contributed by atoms with Gasteiger partial charge in [-0.1, -0.05) is 20.8 Å². The van der Waals surface area contributed by atoms with Crippen LogP contribution in [-0.4, -0.2) is 35.7 Å². The van der Waals surface area contributed by atoms with Crippen LogP contribution in [0.15, 0.2) is 0 Å². The molecule has 2 atom stereocenters. The number of hydrogen-bond acceptors (Lipinski definition) is 2. The number of alkyl halides is 2. The van der Waals surface area contributed by atoms with Crippen molar-refractivity contribution in [3.05, 3.63) is 0 Å². The van der Waals surface area contributed by atoms with Gasteiger partial charge in [-0.2, -0.15) is 0 Å². The molecule has 0 bridgehead atoms. The molecule has 0 aromatic heterocycles. The van der Waals surface area contributed by atoms with Crippen LogP contribution in [0.1, 0.15) is 67.7 Å². The van der Waals surface area contributed by atoms with Crippen molar-refractivity contribution < 1.29 is 18.4 Å². The number of nitrogens with one attached hydrogen (secondary N) is 2. The van der Waals surface area contributed by atoms with E-state index in [1.807, 2.05) is 6.92 Å². The molecule has 0 aliphatic heterocycles. The standard InChI is InChI=1S/C18H32F2N2O2/c1-15(2)8-12(22-14(24)17(5,6)20)9-18(7,10-15)11-21-13(23)16(3,4)19/h12H,8-11H2,1-7H3,(H,21,23)(H,22,24)/t12-,18-/m1/s1. The topological polar surface area (TPSA) is 58.2 Å². The third-order valence-corrected chi connectivity index (χ3v) is 4.53. The minimum atomic E-state index is -1.93. The number of rotatable bonds is 5. The van der Waals surface area contributed by atoms with Gasteiger partial charge in [-0.25, -0.2) is 8.78 Å². The SMILES string of the molecule is CC1(C)C[C@@H](NC(=O)C(C)(C)F)C[C@@](C)(CNC(=O)C(C)(C)F)C1. The first-order chi connectivity index (χ1) is 10.5. The van der Waals surface area contributed by atoms with Crippen LogP contribution in [0.2, 0.25) is 0 Å². The molecule has 140 valence electrons. The van der Waals surface area contributed by atoms with Crippen LogP contribution in [0.4, 0.5) is 8.78 Å². The molecule has 1 saturated carbocycles. The van der Waals surface area contributed by atoms with Gasteiger partial charge in [0.25, 0.3) is 11.8 Å². The third kappa shape index (κ3) is 6.02. The Morgan fingerprint density at radius 1 is 1.00 bits per heavy atom. The summed E-state index contributed by atoms with van der Waals surface area (Å²) in [6.07, 6.45) is 2.19. The molecule has 2 N–H and O–H groups in total. The van der Waals surface area contributed by atoms with Crippen LogP contribution in [0, 0.1) is 10.8 Å². The molecule has 2 amide bonds. The highest BCUT2D eigenvalue weighted by Gasteiger charge is 2.43. The summed E-state index contributed by atoms with van der Waals surface area (Å²) in [6, 6.07) is -0.170. The van der Waals surface area contributed by atoms with E-state index in [9.17, 15) is 18.4 Å². The van der Waals surface area contributed by atoms with Crippen molar-refractivity contribution >= 4 is 11.8 Å². The monoisotopic (exact) mass is 346 g/mol. The van der Waals surface area contributed by atoms with Crippen molar-refractivity contribution in [3.8, 4) is 0 Å². The highest BCUT2D eigenvalue weighted by molar-refractivity contribution is 5.84. The summed E-state index contributed by atoms with van der Waals surface area (Å²) in [5.74, 6) is -1.26. The Kier molecular flexibility index (Phi) is 5.73. The minimum Gasteiger partial charge on any atom is -0.353 e. The molecule has 1 aliphatic rings. The Morgan fingerprint density at radius 3 is 1.96 bits per heavy atom. The van der Waals surface area contributed by atoms with Gasteiger partial charge in [0.1, 0.15) is 0 Å². The van der Waals surface area contributed by atoms with E-state index in [0.29, 0.717) is 13.0 Å². The number of carbonyl (C=O) groups excluding carboxylic acids is 2. The van der Waals surface area contributed by atoms with Gasteiger partial charge < -0.3 is 10.6 Å². The van der Waals surface area contributed by atoms with E-state index in [-0.39, 0.29) is 16.9 Å². The van der Waals surface area contributed by atoms with E-state index in [4.69, 9.17) is 0 Å². The minimum absolute atomic E-state index is 0.0681. The number of halogens is 2. The summed E-state index contributed by atoms with van der Waals surface area (Å²) in [5, 5.41) is 5.46. The van der Waals surface area contributed by atoms with Crippen molar-refractivity contribution in [3.63, 3.8) is 0 Å². The second-order valence-electron chi connectivity index (χ2n) is 9.36. The fraction of sp³-hybridized carbons (Fsp3) is 0.889. The van der Waals surface area contributed by atoms with Crippen LogP contribution in [0.25, 0.3) is 0 Å². The summed E-state index contributed by atoms with van der Waals surface area (Å²) in [5.41, 5.74) is -4.21. The molecule has 4 nitrogen and oxygen atoms in total. The van der Waals surface area contributed by atoms with Crippen LogP contribution >= 0.6 is 0 Å². The lowest BCUT2D eigenvalue weighted by Gasteiger charge is -2.47. The van der Waals surface area contributed by atoms with Gasteiger partial charge in [-0.05, 0) is 57.8 Å². The maximum Gasteiger partial charge on any atom is 0.257 e. The summed E-state index contributed by atoms with van der Waals surface area (Å²) in [4.78, 5) is 23.7. The number of amides is 2. The highest BCUT2D eigenvalue weighted by atomic mass is 19.1. The molecule has 1 rings (SSSR count). The zero-order valence-corrected chi connectivity index (χ0v) is 16.0. The molecule has 24 heavy (non-hydrogen) atoms. The van der Waals surface area contributed by atoms with Crippen molar-refractivity contribution in [2.75, 3.05) is 6.54 Å². The Balaban J connectivity index is 2.80. The molecule has 0 saturated heterocycles. The molecule has 6 heteroatoms. The summed E-state index contributed by atoms with van der Waals surface area (Å²) in [6.45, 7) is 11.4. The Bertz CT molecular complexity index is 492. The largest absolute Gasteiger partial charge is 0.353 e. The van der Waals surface area contributed by atoms with Crippen molar-refractivity contribution in [2.45, 2.75) is 85.1 Å². The van der Waals surface area contributed by atoms with Gasteiger partial charge in [-0.15, -0.1) is 0 Å². The van der Waals surface area contributed by atoms with E-state index < -0.39 is 23.2 Å². The average Bonchev–Trinajstić information content (AvgIpc) is 2.31. The van der Waals surface area contributed by atoms with Gasteiger partial charge in [0.2, 0.25) is 0 Å². The quantitative estimate of drug-likeness (QED) is 0.802. The molecule has 0 aromatic rings. The van der Waals surface area contributed by atoms with Gasteiger partial charge in [0.15, 0.2) is 11.3 Å². The predicted molar refractivity (Wildman–Crippen MR) is 91.1 cm³/mol. The lowest BCUT2D eigenvalue weighted by Crippen LogP contribution is -2.53. The maximum atomic E-state index is 13.8. The molecule has 0 unspecified atom stereocenters. The summed E-state index contributed by atoms with van der Waals surface area (Å²) in [7, 11) is 0. The molecular weight excluding hydrogens is 314 g/mol. The zero-order valence-electron chi connectivity index (χ0n) is 16.0. The Morgan fingerprint density at radius 2 is 1.50 bits per heavy atom. The lowest BCUT2D eigenvalue weighted by atomic mass is 9.62. The molecule has 0 heterocycles. The third-order valence-electron chi connectivity index (χ3n) is 4.53. The van der Waals surface area contributed by atoms with E-state index in [0.717, 1.165) is 12.8 Å². The second kappa shape index (κ2) is 6.60. The lowest BCUT2D eigenvalue weighted by molar-refractivity contribution is -0.133. The molecule has 0 spiro atoms. The second-order valence-corrected chi connectivity index (χ2v) is 9.36. The van der Waals surface area contributed by atoms with Crippen LogP contribution in [0.5, 0.6) is 0 Å². The van der Waals surface area contributed by atoms with Gasteiger partial charge in [-0.3, -0.25) is 9.59 Å². The van der Waals surface area contributed by atoms with Crippen molar-refractivity contribution in [2.24, 2.45) is 10.8 Å². The first-order valence-corrected chi connectivity index (χ1v) is 8.51. The molecule has 0 radical (unpaired) electrons. The summed E-state index contributed by atoms with van der Waals surface area (Å²) < 4.78 is 27.5. The van der Waals surface area contributed by atoms with Crippen LogP contribution < -0.4 is 10.6 Å². The van der Waals surface area contributed by atoms with Crippen LogP contribution in [0.3, 0.4) is 0 Å². The first kappa shape index (κ1) is 20.8. The normalized spacial score (nSPS) is 27.5. The van der Waals surface area contributed by atoms with E-state index in [1.165, 1.54) is 27.7 Å². The van der Waals surface area contributed by atoms with E-state index in [1.54, 1.807) is 0 Å². The van der Waals surface area contributed by atoms with Crippen molar-refractivity contribution in [1.82, 2.24) is 10.6 Å². The average molecular weight is 346 g/mol. The summed E-state index contributed by atoms with van der Waals surface area (Å²) >= 11 is 0. The van der Waals surface area contributed by atoms with Gasteiger partial charge in [0, 0.05) is 12.6 Å². The van der Waals surface area contributed by atoms with E-state index in [2.05, 4.69) is 24.5 Å². The number of hydrogen-bond donors (Lipinski definition) is 2. The molecular formula is C18H32F2N2O2. The van der Waals surface area contributed by atoms with Crippen molar-refractivity contribution in [1.29, 1.82) is 0 Å². The van der Waals surface area contributed by atoms with Gasteiger partial charge in [0.05, 0.1) is 0 Å². The molecule has 0 aromatic carbocycles. The number of carbonyl (C=O) groups is 2. The molecule has 1 aliphatic carbocycles. The zero-order chi connectivity index (χ0) is 19.0. The molecule has 1 fully saturated rings. The highest BCUT2D eigenvalue weighted by Crippen LogP contribution is 2.46. The van der Waals surface area contributed by atoms with E-state index >= 15 is 0 Å². The Hall–Kier alpha value is -1.20. The predicted octanol–water partition coefficient (Wildman–Crippen LogP) is 3.30. The Labute approximate surface area is 144 Å². The smallest absolute Gasteiger partial charge is 0.257 e. The fourth-order valence-electron chi connectivity index (χ4n) is 3.73. The van der Waals surface area contributed by atoms with Gasteiger partial charge >= 0.3 is 0 Å². The fourth-order valence-corrected chi connectivity index (χ4v) is 3.73. The first-order valence-electron chi connectivity index (χ1n) is 8.51. The van der Waals surface area contributed by atoms with Crippen LogP contribution in [-0.2, 0) is 9.59 Å².